The van der Waals surface area contributed by atoms with Crippen LogP contribution in [0.3, 0.4) is 0 Å². The van der Waals surface area contributed by atoms with Crippen LogP contribution < -0.4 is 16.6 Å². The van der Waals surface area contributed by atoms with E-state index in [4.69, 9.17) is 5.84 Å². The molecule has 0 aliphatic carbocycles. The molecule has 1 aromatic heterocycles. The Kier molecular flexibility index (Phi) is 4.90. The van der Waals surface area contributed by atoms with Crippen LogP contribution in [0.5, 0.6) is 0 Å². The lowest BCUT2D eigenvalue weighted by molar-refractivity contribution is 0.376. The van der Waals surface area contributed by atoms with Gasteiger partial charge in [-0.3, -0.25) is 0 Å². The molecular weight excluding hydrogens is 226 g/mol. The molecule has 0 atom stereocenters. The molecule has 1 rings (SSSR count). The van der Waals surface area contributed by atoms with Crippen molar-refractivity contribution in [1.29, 1.82) is 0 Å². The SMILES string of the molecule is CCC(C)(C)CNc1ncnc(NN)c1C(C)C. The Morgan fingerprint density at radius 3 is 2.39 bits per heavy atom. The van der Waals surface area contributed by atoms with Crippen molar-refractivity contribution >= 4 is 11.6 Å². The van der Waals surface area contributed by atoms with Crippen LogP contribution >= 0.6 is 0 Å². The van der Waals surface area contributed by atoms with Crippen LogP contribution in [0.1, 0.15) is 52.5 Å². The molecule has 0 amide bonds. The number of nitrogens with two attached hydrogens (primary N) is 1. The van der Waals surface area contributed by atoms with Gasteiger partial charge in [-0.15, -0.1) is 0 Å². The summed E-state index contributed by atoms with van der Waals surface area (Å²) in [6.07, 6.45) is 2.65. The summed E-state index contributed by atoms with van der Waals surface area (Å²) >= 11 is 0. The lowest BCUT2D eigenvalue weighted by Crippen LogP contribution is -2.24. The molecule has 0 saturated carbocycles. The molecule has 0 spiro atoms. The first-order valence-corrected chi connectivity index (χ1v) is 6.46. The molecule has 5 heteroatoms. The topological polar surface area (TPSA) is 75.9 Å². The zero-order valence-electron chi connectivity index (χ0n) is 12.0. The Bertz CT molecular complexity index is 387. The van der Waals surface area contributed by atoms with Crippen molar-refractivity contribution in [1.82, 2.24) is 9.97 Å². The van der Waals surface area contributed by atoms with Gasteiger partial charge in [0.2, 0.25) is 0 Å². The second kappa shape index (κ2) is 6.00. The highest BCUT2D eigenvalue weighted by Gasteiger charge is 2.18. The van der Waals surface area contributed by atoms with Gasteiger partial charge >= 0.3 is 0 Å². The maximum atomic E-state index is 5.50. The largest absolute Gasteiger partial charge is 0.369 e. The molecule has 0 saturated heterocycles. The summed E-state index contributed by atoms with van der Waals surface area (Å²) in [4.78, 5) is 8.48. The minimum atomic E-state index is 0.246. The first kappa shape index (κ1) is 14.7. The molecule has 1 aromatic rings. The fourth-order valence-electron chi connectivity index (χ4n) is 1.65. The summed E-state index contributed by atoms with van der Waals surface area (Å²) < 4.78 is 0. The number of hydrazine groups is 1. The number of nitrogen functional groups attached to an aromatic ring is 1. The maximum absolute atomic E-state index is 5.50. The Morgan fingerprint density at radius 2 is 1.89 bits per heavy atom. The van der Waals surface area contributed by atoms with Gasteiger partial charge in [0.15, 0.2) is 0 Å². The Hall–Kier alpha value is -1.36. The number of anilines is 2. The number of nitrogens with zero attached hydrogens (tertiary/aromatic N) is 2. The van der Waals surface area contributed by atoms with Crippen LogP contribution in [0.2, 0.25) is 0 Å². The highest BCUT2D eigenvalue weighted by atomic mass is 15.3. The lowest BCUT2D eigenvalue weighted by Gasteiger charge is -2.25. The Morgan fingerprint density at radius 1 is 1.28 bits per heavy atom. The summed E-state index contributed by atoms with van der Waals surface area (Å²) in [6, 6.07) is 0. The van der Waals surface area contributed by atoms with Crippen molar-refractivity contribution in [2.45, 2.75) is 47.0 Å². The van der Waals surface area contributed by atoms with Gasteiger partial charge in [0, 0.05) is 12.1 Å². The third kappa shape index (κ3) is 3.57. The van der Waals surface area contributed by atoms with Crippen LogP contribution in [0, 0.1) is 5.41 Å². The van der Waals surface area contributed by atoms with Gasteiger partial charge in [-0.25, -0.2) is 15.8 Å². The van der Waals surface area contributed by atoms with Crippen LogP contribution in [0.25, 0.3) is 0 Å². The first-order chi connectivity index (χ1) is 8.41. The van der Waals surface area contributed by atoms with E-state index >= 15 is 0 Å². The van der Waals surface area contributed by atoms with Crippen LogP contribution in [0.15, 0.2) is 6.33 Å². The van der Waals surface area contributed by atoms with Crippen LogP contribution in [-0.2, 0) is 0 Å². The van der Waals surface area contributed by atoms with Gasteiger partial charge in [-0.1, -0.05) is 34.6 Å². The smallest absolute Gasteiger partial charge is 0.148 e. The fourth-order valence-corrected chi connectivity index (χ4v) is 1.65. The van der Waals surface area contributed by atoms with Crippen LogP contribution in [0.4, 0.5) is 11.6 Å². The molecule has 0 radical (unpaired) electrons. The van der Waals surface area contributed by atoms with Gasteiger partial charge in [-0.2, -0.15) is 0 Å². The number of hydrogen-bond acceptors (Lipinski definition) is 5. The molecular formula is C13H25N5. The van der Waals surface area contributed by atoms with Crippen molar-refractivity contribution in [3.8, 4) is 0 Å². The monoisotopic (exact) mass is 251 g/mol. The third-order valence-electron chi connectivity index (χ3n) is 3.29. The summed E-state index contributed by atoms with van der Waals surface area (Å²) in [5, 5.41) is 3.41. The normalized spacial score (nSPS) is 11.7. The lowest BCUT2D eigenvalue weighted by atomic mass is 9.90. The highest BCUT2D eigenvalue weighted by Crippen LogP contribution is 2.29. The van der Waals surface area contributed by atoms with Gasteiger partial charge in [0.05, 0.1) is 0 Å². The molecule has 0 unspecified atom stereocenters. The second-order valence-electron chi connectivity index (χ2n) is 5.65. The standard InChI is InChI=1S/C13H25N5/c1-6-13(4,5)7-15-11-10(9(2)3)12(18-14)17-8-16-11/h8-9H,6-7,14H2,1-5H3,(H2,15,16,17,18). The zero-order valence-corrected chi connectivity index (χ0v) is 12.0. The van der Waals surface area contributed by atoms with Crippen molar-refractivity contribution < 1.29 is 0 Å². The van der Waals surface area contributed by atoms with E-state index in [-0.39, 0.29) is 5.41 Å². The van der Waals surface area contributed by atoms with Gasteiger partial charge in [0.1, 0.15) is 18.0 Å². The van der Waals surface area contributed by atoms with Gasteiger partial charge < -0.3 is 10.7 Å². The molecule has 0 aliphatic heterocycles. The number of rotatable bonds is 6. The summed E-state index contributed by atoms with van der Waals surface area (Å²) in [5.41, 5.74) is 3.92. The van der Waals surface area contributed by atoms with Crippen molar-refractivity contribution in [3.05, 3.63) is 11.9 Å². The quantitative estimate of drug-likeness (QED) is 0.535. The summed E-state index contributed by atoms with van der Waals surface area (Å²) in [7, 11) is 0. The minimum absolute atomic E-state index is 0.246. The fraction of sp³-hybridized carbons (Fsp3) is 0.692. The van der Waals surface area contributed by atoms with E-state index in [1.54, 1.807) is 0 Å². The van der Waals surface area contributed by atoms with E-state index in [1.807, 2.05) is 0 Å². The van der Waals surface area contributed by atoms with Crippen LogP contribution in [-0.4, -0.2) is 16.5 Å². The van der Waals surface area contributed by atoms with E-state index in [1.165, 1.54) is 6.33 Å². The average molecular weight is 251 g/mol. The van der Waals surface area contributed by atoms with E-state index < -0.39 is 0 Å². The second-order valence-corrected chi connectivity index (χ2v) is 5.65. The predicted octanol–water partition coefficient (Wildman–Crippen LogP) is 2.73. The average Bonchev–Trinajstić information content (AvgIpc) is 2.35. The number of nitrogens with one attached hydrogen (secondary N) is 2. The van der Waals surface area contributed by atoms with Crippen molar-refractivity contribution in [3.63, 3.8) is 0 Å². The molecule has 5 nitrogen and oxygen atoms in total. The summed E-state index contributed by atoms with van der Waals surface area (Å²) in [5.74, 6) is 7.37. The molecule has 4 N–H and O–H groups in total. The van der Waals surface area contributed by atoms with Crippen molar-refractivity contribution in [2.75, 3.05) is 17.3 Å². The minimum Gasteiger partial charge on any atom is -0.369 e. The first-order valence-electron chi connectivity index (χ1n) is 6.46. The molecule has 0 aromatic carbocycles. The molecule has 102 valence electrons. The zero-order chi connectivity index (χ0) is 13.8. The summed E-state index contributed by atoms with van der Waals surface area (Å²) in [6.45, 7) is 11.8. The van der Waals surface area contributed by atoms with E-state index in [0.29, 0.717) is 11.7 Å². The molecule has 18 heavy (non-hydrogen) atoms. The molecule has 0 bridgehead atoms. The third-order valence-corrected chi connectivity index (χ3v) is 3.29. The Balaban J connectivity index is 2.95. The Labute approximate surface area is 110 Å². The number of aromatic nitrogens is 2. The van der Waals surface area contributed by atoms with E-state index in [2.05, 4.69) is 55.3 Å². The molecule has 0 aliphatic rings. The van der Waals surface area contributed by atoms with E-state index in [0.717, 1.165) is 24.3 Å². The van der Waals surface area contributed by atoms with E-state index in [9.17, 15) is 0 Å². The van der Waals surface area contributed by atoms with Gasteiger partial charge in [0.25, 0.3) is 0 Å². The maximum Gasteiger partial charge on any atom is 0.148 e. The predicted molar refractivity (Wildman–Crippen MR) is 76.5 cm³/mol. The van der Waals surface area contributed by atoms with Gasteiger partial charge in [-0.05, 0) is 17.8 Å². The van der Waals surface area contributed by atoms with Crippen molar-refractivity contribution in [2.24, 2.45) is 11.3 Å². The molecule has 0 fully saturated rings. The molecule has 1 heterocycles. The highest BCUT2D eigenvalue weighted by molar-refractivity contribution is 5.58. The number of hydrogen-bond donors (Lipinski definition) is 3.